The smallest absolute Gasteiger partial charge is 0.0501 e. The van der Waals surface area contributed by atoms with Crippen LogP contribution in [0.2, 0.25) is 0 Å². The molecule has 2 unspecified atom stereocenters. The summed E-state index contributed by atoms with van der Waals surface area (Å²) in [4.78, 5) is 0. The molecule has 0 aromatic heterocycles. The summed E-state index contributed by atoms with van der Waals surface area (Å²) in [5, 5.41) is 0. The van der Waals surface area contributed by atoms with E-state index < -0.39 is 0 Å². The summed E-state index contributed by atoms with van der Waals surface area (Å²) in [7, 11) is 0. The van der Waals surface area contributed by atoms with Crippen molar-refractivity contribution >= 4 is 5.57 Å². The second-order valence-electron chi connectivity index (χ2n) is 13.5. The normalized spacial score (nSPS) is 18.5. The van der Waals surface area contributed by atoms with E-state index >= 15 is 0 Å². The lowest BCUT2D eigenvalue weighted by molar-refractivity contribution is 0.633. The Kier molecular flexibility index (Phi) is 16.8. The summed E-state index contributed by atoms with van der Waals surface area (Å²) in [5.41, 5.74) is 15.0. The molecule has 52 heavy (non-hydrogen) atoms. The van der Waals surface area contributed by atoms with Crippen LogP contribution in [0.5, 0.6) is 0 Å². The van der Waals surface area contributed by atoms with Gasteiger partial charge >= 0.3 is 0 Å². The molecular formula is C52H64. The molecular weight excluding hydrogens is 625 g/mol. The number of hydrogen-bond acceptors (Lipinski definition) is 0. The maximum absolute atomic E-state index is 3.95. The van der Waals surface area contributed by atoms with Gasteiger partial charge in [0.05, 0.1) is 5.41 Å². The van der Waals surface area contributed by atoms with Gasteiger partial charge < -0.3 is 0 Å². The molecule has 0 saturated carbocycles. The minimum absolute atomic E-state index is 0.185. The predicted octanol–water partition coefficient (Wildman–Crippen LogP) is 15.3. The van der Waals surface area contributed by atoms with Crippen molar-refractivity contribution in [3.8, 4) is 11.1 Å². The average molecular weight is 689 g/mol. The Morgan fingerprint density at radius 3 is 2.13 bits per heavy atom. The van der Waals surface area contributed by atoms with Crippen LogP contribution in [-0.2, 0) is 11.8 Å². The molecule has 0 nitrogen and oxygen atoms in total. The van der Waals surface area contributed by atoms with Crippen LogP contribution in [0.15, 0.2) is 158 Å². The van der Waals surface area contributed by atoms with Crippen LogP contribution in [0.4, 0.5) is 0 Å². The van der Waals surface area contributed by atoms with Crippen molar-refractivity contribution in [1.29, 1.82) is 0 Å². The Hall–Kier alpha value is -4.68. The minimum Gasteiger partial charge on any atom is -0.0991 e. The van der Waals surface area contributed by atoms with E-state index in [1.54, 1.807) is 0 Å². The summed E-state index contributed by atoms with van der Waals surface area (Å²) >= 11 is 0. The second kappa shape index (κ2) is 21.0. The van der Waals surface area contributed by atoms with Gasteiger partial charge in [0.15, 0.2) is 0 Å². The highest BCUT2D eigenvalue weighted by Crippen LogP contribution is 2.56. The molecule has 0 radical (unpaired) electrons. The first-order valence-electron chi connectivity index (χ1n) is 19.7. The standard InChI is InChI=1S/C34H34.C14H18.2C2H6/c1-5-13-27(24(2)3)22-26-19-20-30-29-16-9-11-18-32(29)34(33(30)23-26)21-12-6-7-14-25(4)28-15-8-10-17-31(28)34;1-4-6-7-13(5-2)14-10-8-12(3)9-11-14;2*1-2/h5-20,23-25H,1,21-22H2,2-4H3;5-11H,4H2,1-3H3;2*1-2H3/b12-6-,14-7-,27-13-;7-6-,13-5+;;. The predicted molar refractivity (Wildman–Crippen MR) is 233 cm³/mol. The van der Waals surface area contributed by atoms with Gasteiger partial charge in [-0.1, -0.05) is 219 Å². The molecule has 0 fully saturated rings. The molecule has 6 rings (SSSR count). The third kappa shape index (κ3) is 9.60. The van der Waals surface area contributed by atoms with Crippen molar-refractivity contribution in [1.82, 2.24) is 0 Å². The fourth-order valence-corrected chi connectivity index (χ4v) is 7.28. The zero-order valence-corrected chi connectivity index (χ0v) is 33.8. The van der Waals surface area contributed by atoms with Crippen LogP contribution in [0.3, 0.4) is 0 Å². The van der Waals surface area contributed by atoms with Crippen LogP contribution < -0.4 is 0 Å². The molecule has 272 valence electrons. The van der Waals surface area contributed by atoms with Gasteiger partial charge in [0.25, 0.3) is 0 Å². The van der Waals surface area contributed by atoms with Gasteiger partial charge in [-0.3, -0.25) is 0 Å². The van der Waals surface area contributed by atoms with Crippen LogP contribution in [-0.4, -0.2) is 0 Å². The number of fused-ring (bicyclic) bond motifs is 7. The van der Waals surface area contributed by atoms with Gasteiger partial charge in [-0.15, -0.1) is 0 Å². The van der Waals surface area contributed by atoms with E-state index in [0.717, 1.165) is 19.3 Å². The largest absolute Gasteiger partial charge is 0.0991 e. The Morgan fingerprint density at radius 2 is 1.48 bits per heavy atom. The lowest BCUT2D eigenvalue weighted by Crippen LogP contribution is -2.28. The van der Waals surface area contributed by atoms with Crippen molar-refractivity contribution in [2.75, 3.05) is 0 Å². The maximum atomic E-state index is 3.95. The molecule has 2 atom stereocenters. The number of aryl methyl sites for hydroxylation is 1. The maximum Gasteiger partial charge on any atom is 0.0501 e. The number of benzene rings is 4. The molecule has 0 amide bonds. The molecule has 4 aromatic rings. The van der Waals surface area contributed by atoms with Crippen LogP contribution >= 0.6 is 0 Å². The summed E-state index contributed by atoms with van der Waals surface area (Å²) in [6, 6.07) is 34.0. The fourth-order valence-electron chi connectivity index (χ4n) is 7.28. The highest BCUT2D eigenvalue weighted by Gasteiger charge is 2.45. The van der Waals surface area contributed by atoms with Gasteiger partial charge in [-0.05, 0) is 95.0 Å². The summed E-state index contributed by atoms with van der Waals surface area (Å²) in [5.74, 6) is 0.858. The molecule has 0 heteroatoms. The molecule has 1 spiro atoms. The minimum atomic E-state index is -0.185. The topological polar surface area (TPSA) is 0 Å². The van der Waals surface area contributed by atoms with Crippen molar-refractivity contribution in [2.45, 2.75) is 99.8 Å². The molecule has 2 aliphatic carbocycles. The Labute approximate surface area is 318 Å². The molecule has 2 aliphatic rings. The SMILES string of the molecule is C/C=C(\C=C/CC)c1ccc(C)cc1.C=C/C=C(/Cc1ccc2c(c1)C1(C/C=C\C=C/C(C)c3ccccc31)c1ccccc1-2)C(C)C.CC.CC. The second-order valence-corrected chi connectivity index (χ2v) is 13.5. The van der Waals surface area contributed by atoms with Crippen LogP contribution in [0, 0.1) is 12.8 Å². The van der Waals surface area contributed by atoms with Gasteiger partial charge in [0.1, 0.15) is 0 Å². The highest BCUT2D eigenvalue weighted by atomic mass is 14.5. The van der Waals surface area contributed by atoms with Gasteiger partial charge in [-0.25, -0.2) is 0 Å². The highest BCUT2D eigenvalue weighted by molar-refractivity contribution is 5.84. The van der Waals surface area contributed by atoms with Crippen molar-refractivity contribution < 1.29 is 0 Å². The van der Waals surface area contributed by atoms with Crippen molar-refractivity contribution in [3.05, 3.63) is 197 Å². The molecule has 4 aromatic carbocycles. The van der Waals surface area contributed by atoms with Gasteiger partial charge in [0, 0.05) is 0 Å². The summed E-state index contributed by atoms with van der Waals surface area (Å²) in [6.07, 6.45) is 22.8. The van der Waals surface area contributed by atoms with E-state index in [0.29, 0.717) is 11.8 Å². The lowest BCUT2D eigenvalue weighted by atomic mass is 9.67. The molecule has 0 heterocycles. The monoisotopic (exact) mass is 689 g/mol. The summed E-state index contributed by atoms with van der Waals surface area (Å²) in [6.45, 7) is 25.1. The van der Waals surface area contributed by atoms with Gasteiger partial charge in [0.2, 0.25) is 0 Å². The first-order chi connectivity index (χ1) is 25.3. The first-order valence-corrected chi connectivity index (χ1v) is 19.7. The Balaban J connectivity index is 0.000000340. The van der Waals surface area contributed by atoms with Crippen LogP contribution in [0.25, 0.3) is 16.7 Å². The number of allylic oxidation sites excluding steroid dienone is 11. The molecule has 0 saturated heterocycles. The van der Waals surface area contributed by atoms with E-state index in [1.807, 2.05) is 33.8 Å². The third-order valence-electron chi connectivity index (χ3n) is 9.91. The van der Waals surface area contributed by atoms with E-state index in [-0.39, 0.29) is 5.41 Å². The van der Waals surface area contributed by atoms with Crippen molar-refractivity contribution in [3.63, 3.8) is 0 Å². The number of hydrogen-bond donors (Lipinski definition) is 0. The van der Waals surface area contributed by atoms with E-state index in [2.05, 4.69) is 188 Å². The van der Waals surface area contributed by atoms with E-state index in [1.165, 1.54) is 61.2 Å². The molecule has 0 N–H and O–H groups in total. The molecule has 0 bridgehead atoms. The van der Waals surface area contributed by atoms with Crippen molar-refractivity contribution in [2.24, 2.45) is 5.92 Å². The Morgan fingerprint density at radius 1 is 0.827 bits per heavy atom. The van der Waals surface area contributed by atoms with E-state index in [4.69, 9.17) is 0 Å². The lowest BCUT2D eigenvalue weighted by Gasteiger charge is -2.35. The quantitative estimate of drug-likeness (QED) is 0.170. The average Bonchev–Trinajstić information content (AvgIpc) is 3.49. The van der Waals surface area contributed by atoms with Gasteiger partial charge in [-0.2, -0.15) is 0 Å². The Bertz CT molecular complexity index is 1870. The number of rotatable bonds is 7. The third-order valence-corrected chi connectivity index (χ3v) is 9.91. The summed E-state index contributed by atoms with van der Waals surface area (Å²) < 4.78 is 0. The zero-order valence-electron chi connectivity index (χ0n) is 33.8. The fraction of sp³-hybridized carbons (Fsp3) is 0.308. The first kappa shape index (κ1) is 41.7. The molecule has 0 aliphatic heterocycles. The van der Waals surface area contributed by atoms with Crippen LogP contribution in [0.1, 0.15) is 120 Å². The zero-order chi connectivity index (χ0) is 38.1. The van der Waals surface area contributed by atoms with E-state index in [9.17, 15) is 0 Å².